The van der Waals surface area contributed by atoms with Gasteiger partial charge in [0.15, 0.2) is 0 Å². The molecule has 4 heteroatoms. The molecule has 0 radical (unpaired) electrons. The third kappa shape index (κ3) is 3.15. The minimum Gasteiger partial charge on any atom is -0.478 e. The fraction of sp³-hybridized carbons (Fsp3) is 0.400. The molecular formula is C15H19NO3. The van der Waals surface area contributed by atoms with Crippen LogP contribution in [-0.2, 0) is 6.54 Å². The van der Waals surface area contributed by atoms with Crippen molar-refractivity contribution in [2.75, 3.05) is 6.54 Å². The zero-order chi connectivity index (χ0) is 13.8. The largest absolute Gasteiger partial charge is 0.478 e. The SMILES string of the molecule is CC(C)CCNCc1oc2ccccc2c1C(=O)O. The highest BCUT2D eigenvalue weighted by atomic mass is 16.4. The number of nitrogens with one attached hydrogen (secondary N) is 1. The van der Waals surface area contributed by atoms with E-state index in [2.05, 4.69) is 19.2 Å². The molecule has 19 heavy (non-hydrogen) atoms. The Morgan fingerprint density at radius 1 is 1.37 bits per heavy atom. The standard InChI is InChI=1S/C15H19NO3/c1-10(2)7-8-16-9-13-14(15(17)18)11-5-3-4-6-12(11)19-13/h3-6,10,16H,7-9H2,1-2H3,(H,17,18). The molecule has 0 amide bonds. The smallest absolute Gasteiger partial charge is 0.339 e. The number of carboxylic acid groups (broad SMARTS) is 1. The highest BCUT2D eigenvalue weighted by Gasteiger charge is 2.19. The summed E-state index contributed by atoms with van der Waals surface area (Å²) in [6.45, 7) is 5.62. The van der Waals surface area contributed by atoms with Crippen molar-refractivity contribution >= 4 is 16.9 Å². The topological polar surface area (TPSA) is 62.5 Å². The summed E-state index contributed by atoms with van der Waals surface area (Å²) in [5.41, 5.74) is 0.896. The van der Waals surface area contributed by atoms with Crippen molar-refractivity contribution in [3.05, 3.63) is 35.6 Å². The van der Waals surface area contributed by atoms with Crippen LogP contribution < -0.4 is 5.32 Å². The van der Waals surface area contributed by atoms with E-state index in [9.17, 15) is 9.90 Å². The Balaban J connectivity index is 2.17. The minimum absolute atomic E-state index is 0.271. The molecule has 0 bridgehead atoms. The number of carboxylic acids is 1. The van der Waals surface area contributed by atoms with E-state index in [1.165, 1.54) is 0 Å². The second-order valence-corrected chi connectivity index (χ2v) is 5.06. The second-order valence-electron chi connectivity index (χ2n) is 5.06. The quantitative estimate of drug-likeness (QED) is 0.783. The molecule has 0 saturated heterocycles. The molecule has 0 saturated carbocycles. The lowest BCUT2D eigenvalue weighted by atomic mass is 10.1. The average Bonchev–Trinajstić information content (AvgIpc) is 2.72. The van der Waals surface area contributed by atoms with Crippen molar-refractivity contribution in [3.8, 4) is 0 Å². The first kappa shape index (κ1) is 13.6. The van der Waals surface area contributed by atoms with Crippen LogP contribution in [0.1, 0.15) is 36.4 Å². The van der Waals surface area contributed by atoms with Crippen LogP contribution in [0, 0.1) is 5.92 Å². The molecule has 2 N–H and O–H groups in total. The van der Waals surface area contributed by atoms with Gasteiger partial charge in [-0.25, -0.2) is 4.79 Å². The maximum Gasteiger partial charge on any atom is 0.339 e. The van der Waals surface area contributed by atoms with Gasteiger partial charge < -0.3 is 14.8 Å². The molecule has 0 atom stereocenters. The first-order chi connectivity index (χ1) is 9.09. The van der Waals surface area contributed by atoms with Gasteiger partial charge in [0.2, 0.25) is 0 Å². The number of carbonyl (C=O) groups is 1. The maximum absolute atomic E-state index is 11.3. The first-order valence-corrected chi connectivity index (χ1v) is 6.54. The predicted molar refractivity (Wildman–Crippen MR) is 74.3 cm³/mol. The number of furan rings is 1. The van der Waals surface area contributed by atoms with Crippen LogP contribution in [0.3, 0.4) is 0 Å². The van der Waals surface area contributed by atoms with Gasteiger partial charge in [0, 0.05) is 5.39 Å². The molecule has 1 heterocycles. The Kier molecular flexibility index (Phi) is 4.22. The highest BCUT2D eigenvalue weighted by Crippen LogP contribution is 2.25. The van der Waals surface area contributed by atoms with E-state index >= 15 is 0 Å². The monoisotopic (exact) mass is 261 g/mol. The predicted octanol–water partition coefficient (Wildman–Crippen LogP) is 3.27. The van der Waals surface area contributed by atoms with Crippen molar-refractivity contribution in [2.45, 2.75) is 26.8 Å². The van der Waals surface area contributed by atoms with Crippen LogP contribution in [0.2, 0.25) is 0 Å². The Morgan fingerprint density at radius 3 is 2.79 bits per heavy atom. The van der Waals surface area contributed by atoms with Gasteiger partial charge in [-0.15, -0.1) is 0 Å². The third-order valence-electron chi connectivity index (χ3n) is 3.07. The van der Waals surface area contributed by atoms with E-state index in [0.29, 0.717) is 29.2 Å². The third-order valence-corrected chi connectivity index (χ3v) is 3.07. The molecule has 2 aromatic rings. The summed E-state index contributed by atoms with van der Waals surface area (Å²) in [7, 11) is 0. The fourth-order valence-electron chi connectivity index (χ4n) is 2.05. The summed E-state index contributed by atoms with van der Waals surface area (Å²) in [4.78, 5) is 11.3. The van der Waals surface area contributed by atoms with E-state index in [4.69, 9.17) is 4.42 Å². The number of para-hydroxylation sites is 1. The summed E-state index contributed by atoms with van der Waals surface area (Å²) >= 11 is 0. The Bertz CT molecular complexity index is 572. The molecular weight excluding hydrogens is 242 g/mol. The maximum atomic E-state index is 11.3. The number of benzene rings is 1. The molecule has 2 rings (SSSR count). The van der Waals surface area contributed by atoms with Gasteiger partial charge in [0.1, 0.15) is 16.9 Å². The van der Waals surface area contributed by atoms with Crippen molar-refractivity contribution in [2.24, 2.45) is 5.92 Å². The zero-order valence-electron chi connectivity index (χ0n) is 11.3. The van der Waals surface area contributed by atoms with Gasteiger partial charge in [0.25, 0.3) is 0 Å². The van der Waals surface area contributed by atoms with Gasteiger partial charge in [-0.3, -0.25) is 0 Å². The molecule has 0 fully saturated rings. The Labute approximate surface area is 112 Å². The zero-order valence-corrected chi connectivity index (χ0v) is 11.3. The van der Waals surface area contributed by atoms with Gasteiger partial charge in [-0.1, -0.05) is 32.0 Å². The van der Waals surface area contributed by atoms with E-state index in [-0.39, 0.29) is 5.56 Å². The lowest BCUT2D eigenvalue weighted by Crippen LogP contribution is -2.17. The molecule has 102 valence electrons. The Morgan fingerprint density at radius 2 is 2.11 bits per heavy atom. The van der Waals surface area contributed by atoms with Crippen molar-refractivity contribution < 1.29 is 14.3 Å². The number of hydrogen-bond acceptors (Lipinski definition) is 3. The summed E-state index contributed by atoms with van der Waals surface area (Å²) in [5.74, 6) is 0.185. The van der Waals surface area contributed by atoms with E-state index < -0.39 is 5.97 Å². The fourth-order valence-corrected chi connectivity index (χ4v) is 2.05. The average molecular weight is 261 g/mol. The van der Waals surface area contributed by atoms with Crippen LogP contribution in [0.25, 0.3) is 11.0 Å². The lowest BCUT2D eigenvalue weighted by molar-refractivity contribution is 0.0696. The lowest BCUT2D eigenvalue weighted by Gasteiger charge is -2.05. The number of rotatable bonds is 6. The summed E-state index contributed by atoms with van der Waals surface area (Å²) in [6.07, 6.45) is 1.06. The first-order valence-electron chi connectivity index (χ1n) is 6.54. The van der Waals surface area contributed by atoms with Crippen molar-refractivity contribution in [3.63, 3.8) is 0 Å². The summed E-state index contributed by atoms with van der Waals surface area (Å²) in [6, 6.07) is 7.23. The normalized spacial score (nSPS) is 11.3. The Hall–Kier alpha value is -1.81. The van der Waals surface area contributed by atoms with Crippen molar-refractivity contribution in [1.29, 1.82) is 0 Å². The van der Waals surface area contributed by atoms with Gasteiger partial charge in [-0.2, -0.15) is 0 Å². The van der Waals surface area contributed by atoms with Gasteiger partial charge in [0.05, 0.1) is 6.54 Å². The second kappa shape index (κ2) is 5.89. The molecule has 0 aliphatic heterocycles. The van der Waals surface area contributed by atoms with E-state index in [1.807, 2.05) is 12.1 Å². The number of fused-ring (bicyclic) bond motifs is 1. The highest BCUT2D eigenvalue weighted by molar-refractivity contribution is 6.03. The molecule has 1 aromatic carbocycles. The van der Waals surface area contributed by atoms with Crippen LogP contribution in [0.15, 0.2) is 28.7 Å². The molecule has 0 unspecified atom stereocenters. The van der Waals surface area contributed by atoms with Gasteiger partial charge in [-0.05, 0) is 24.9 Å². The van der Waals surface area contributed by atoms with Crippen LogP contribution in [0.5, 0.6) is 0 Å². The number of aromatic carboxylic acids is 1. The molecule has 0 spiro atoms. The molecule has 4 nitrogen and oxygen atoms in total. The molecule has 0 aliphatic carbocycles. The van der Waals surface area contributed by atoms with Crippen LogP contribution >= 0.6 is 0 Å². The minimum atomic E-state index is -0.939. The molecule has 0 aliphatic rings. The van der Waals surface area contributed by atoms with E-state index in [1.54, 1.807) is 12.1 Å². The summed E-state index contributed by atoms with van der Waals surface area (Å²) < 4.78 is 5.62. The number of hydrogen-bond donors (Lipinski definition) is 2. The van der Waals surface area contributed by atoms with Crippen molar-refractivity contribution in [1.82, 2.24) is 5.32 Å². The van der Waals surface area contributed by atoms with Crippen LogP contribution in [0.4, 0.5) is 0 Å². The van der Waals surface area contributed by atoms with Gasteiger partial charge >= 0.3 is 5.97 Å². The van der Waals surface area contributed by atoms with Crippen LogP contribution in [-0.4, -0.2) is 17.6 Å². The molecule has 1 aromatic heterocycles. The van der Waals surface area contributed by atoms with E-state index in [0.717, 1.165) is 13.0 Å². The summed E-state index contributed by atoms with van der Waals surface area (Å²) in [5, 5.41) is 13.2.